The summed E-state index contributed by atoms with van der Waals surface area (Å²) in [5.74, 6) is 0.00615. The molecule has 0 saturated heterocycles. The normalized spacial score (nSPS) is 12.6. The number of rotatable bonds is 7. The molecule has 0 bridgehead atoms. The van der Waals surface area contributed by atoms with Gasteiger partial charge in [-0.25, -0.2) is 4.39 Å². The Morgan fingerprint density at radius 1 is 1.35 bits per heavy atom. The van der Waals surface area contributed by atoms with E-state index in [2.05, 4.69) is 17.3 Å². The summed E-state index contributed by atoms with van der Waals surface area (Å²) in [6.07, 6.45) is 5.73. The summed E-state index contributed by atoms with van der Waals surface area (Å²) >= 11 is 0. The molecule has 1 N–H and O–H groups in total. The number of aryl methyl sites for hydroxylation is 1. The van der Waals surface area contributed by atoms with Gasteiger partial charge in [-0.1, -0.05) is 25.1 Å². The number of hydrogen-bond acceptors (Lipinski definition) is 2. The van der Waals surface area contributed by atoms with E-state index in [1.165, 1.54) is 6.07 Å². The molecule has 0 aliphatic carbocycles. The summed E-state index contributed by atoms with van der Waals surface area (Å²) < 4.78 is 15.8. The molecule has 20 heavy (non-hydrogen) atoms. The van der Waals surface area contributed by atoms with E-state index in [1.54, 1.807) is 10.7 Å². The van der Waals surface area contributed by atoms with Crippen molar-refractivity contribution in [3.63, 3.8) is 0 Å². The maximum atomic E-state index is 14.0. The van der Waals surface area contributed by atoms with E-state index in [1.807, 2.05) is 31.6 Å². The van der Waals surface area contributed by atoms with Crippen molar-refractivity contribution < 1.29 is 4.39 Å². The monoisotopic (exact) mass is 275 g/mol. The van der Waals surface area contributed by atoms with Gasteiger partial charge in [0.2, 0.25) is 0 Å². The fourth-order valence-corrected chi connectivity index (χ4v) is 2.41. The van der Waals surface area contributed by atoms with Gasteiger partial charge in [-0.05, 0) is 36.6 Å². The molecule has 0 amide bonds. The molecule has 0 radical (unpaired) electrons. The zero-order valence-electron chi connectivity index (χ0n) is 12.1. The van der Waals surface area contributed by atoms with Crippen LogP contribution >= 0.6 is 0 Å². The molecule has 1 atom stereocenters. The Morgan fingerprint density at radius 2 is 2.15 bits per heavy atom. The average Bonchev–Trinajstić information content (AvgIpc) is 2.84. The van der Waals surface area contributed by atoms with Gasteiger partial charge < -0.3 is 5.32 Å². The number of benzene rings is 1. The summed E-state index contributed by atoms with van der Waals surface area (Å²) in [4.78, 5) is 0. The lowest BCUT2D eigenvalue weighted by atomic mass is 9.92. The smallest absolute Gasteiger partial charge is 0.126 e. The maximum Gasteiger partial charge on any atom is 0.126 e. The third kappa shape index (κ3) is 3.90. The lowest BCUT2D eigenvalue weighted by molar-refractivity contribution is 0.536. The van der Waals surface area contributed by atoms with Gasteiger partial charge in [0.1, 0.15) is 5.82 Å². The van der Waals surface area contributed by atoms with Gasteiger partial charge >= 0.3 is 0 Å². The van der Waals surface area contributed by atoms with Gasteiger partial charge in [0.05, 0.1) is 6.20 Å². The van der Waals surface area contributed by atoms with Crippen LogP contribution in [0, 0.1) is 5.82 Å². The number of aromatic nitrogens is 2. The molecule has 2 rings (SSSR count). The Balaban J connectivity index is 2.13. The Hall–Kier alpha value is -1.68. The van der Waals surface area contributed by atoms with E-state index >= 15 is 0 Å². The lowest BCUT2D eigenvalue weighted by Crippen LogP contribution is -2.24. The van der Waals surface area contributed by atoms with Gasteiger partial charge in [0, 0.05) is 25.7 Å². The van der Waals surface area contributed by atoms with Crippen LogP contribution in [0.1, 0.15) is 30.4 Å². The Labute approximate surface area is 119 Å². The summed E-state index contributed by atoms with van der Waals surface area (Å²) in [6.45, 7) is 3.87. The number of nitrogens with one attached hydrogen (secondary N) is 1. The third-order valence-corrected chi connectivity index (χ3v) is 3.40. The molecular formula is C16H22FN3. The molecule has 1 heterocycles. The Morgan fingerprint density at radius 3 is 2.80 bits per heavy atom. The van der Waals surface area contributed by atoms with Crippen molar-refractivity contribution in [3.05, 3.63) is 53.6 Å². The van der Waals surface area contributed by atoms with Gasteiger partial charge in [0.15, 0.2) is 0 Å². The molecule has 1 aromatic heterocycles. The van der Waals surface area contributed by atoms with Crippen molar-refractivity contribution in [1.29, 1.82) is 0 Å². The minimum Gasteiger partial charge on any atom is -0.316 e. The van der Waals surface area contributed by atoms with Crippen LogP contribution in [-0.4, -0.2) is 22.9 Å². The topological polar surface area (TPSA) is 29.9 Å². The molecule has 0 saturated carbocycles. The highest BCUT2D eigenvalue weighted by Crippen LogP contribution is 2.22. The highest BCUT2D eigenvalue weighted by atomic mass is 19.1. The van der Waals surface area contributed by atoms with Crippen LogP contribution in [0.2, 0.25) is 0 Å². The van der Waals surface area contributed by atoms with Crippen LogP contribution in [0.15, 0.2) is 36.7 Å². The molecule has 0 aliphatic heterocycles. The molecule has 1 aromatic carbocycles. The molecule has 0 aliphatic rings. The SMILES string of the molecule is CCCNCC(Cc1cnn(C)c1)c1ccccc1F. The van der Waals surface area contributed by atoms with E-state index < -0.39 is 0 Å². The van der Waals surface area contributed by atoms with E-state index in [4.69, 9.17) is 0 Å². The van der Waals surface area contributed by atoms with Crippen LogP contribution in [0.25, 0.3) is 0 Å². The summed E-state index contributed by atoms with van der Waals surface area (Å²) in [6, 6.07) is 7.04. The molecule has 108 valence electrons. The van der Waals surface area contributed by atoms with E-state index in [9.17, 15) is 4.39 Å². The molecule has 3 nitrogen and oxygen atoms in total. The zero-order valence-corrected chi connectivity index (χ0v) is 12.1. The maximum absolute atomic E-state index is 14.0. The second-order valence-corrected chi connectivity index (χ2v) is 5.15. The summed E-state index contributed by atoms with van der Waals surface area (Å²) in [7, 11) is 1.90. The van der Waals surface area contributed by atoms with Crippen LogP contribution in [0.4, 0.5) is 4.39 Å². The highest BCUT2D eigenvalue weighted by Gasteiger charge is 2.16. The Bertz CT molecular complexity index is 536. The lowest BCUT2D eigenvalue weighted by Gasteiger charge is -2.18. The van der Waals surface area contributed by atoms with Gasteiger partial charge in [-0.2, -0.15) is 5.10 Å². The molecule has 0 fully saturated rings. The first kappa shape index (κ1) is 14.7. The molecule has 1 unspecified atom stereocenters. The minimum absolute atomic E-state index is 0.125. The second kappa shape index (κ2) is 7.20. The van der Waals surface area contributed by atoms with Gasteiger partial charge in [-0.3, -0.25) is 4.68 Å². The third-order valence-electron chi connectivity index (χ3n) is 3.40. The number of hydrogen-bond donors (Lipinski definition) is 1. The van der Waals surface area contributed by atoms with Crippen molar-refractivity contribution in [2.45, 2.75) is 25.7 Å². The summed E-state index contributed by atoms with van der Waals surface area (Å²) in [5.41, 5.74) is 1.92. The molecule has 2 aromatic rings. The molecular weight excluding hydrogens is 253 g/mol. The fourth-order valence-electron chi connectivity index (χ4n) is 2.41. The predicted octanol–water partition coefficient (Wildman–Crippen LogP) is 2.89. The van der Waals surface area contributed by atoms with Crippen molar-refractivity contribution in [3.8, 4) is 0 Å². The van der Waals surface area contributed by atoms with Crippen molar-refractivity contribution >= 4 is 0 Å². The van der Waals surface area contributed by atoms with Crippen LogP contribution in [0.3, 0.4) is 0 Å². The van der Waals surface area contributed by atoms with E-state index in [0.717, 1.165) is 37.1 Å². The van der Waals surface area contributed by atoms with Crippen molar-refractivity contribution in [2.75, 3.05) is 13.1 Å². The first-order valence-corrected chi connectivity index (χ1v) is 7.13. The average molecular weight is 275 g/mol. The second-order valence-electron chi connectivity index (χ2n) is 5.15. The molecule has 4 heteroatoms. The van der Waals surface area contributed by atoms with Gasteiger partial charge in [-0.15, -0.1) is 0 Å². The first-order chi connectivity index (χ1) is 9.70. The largest absolute Gasteiger partial charge is 0.316 e. The first-order valence-electron chi connectivity index (χ1n) is 7.13. The minimum atomic E-state index is -0.125. The van der Waals surface area contributed by atoms with E-state index in [0.29, 0.717) is 0 Å². The standard InChI is InChI=1S/C16H22FN3/c1-3-8-18-11-14(9-13-10-19-20(2)12-13)15-6-4-5-7-16(15)17/h4-7,10,12,14,18H,3,8-9,11H2,1-2H3. The van der Waals surface area contributed by atoms with E-state index in [-0.39, 0.29) is 11.7 Å². The predicted molar refractivity (Wildman–Crippen MR) is 79.2 cm³/mol. The number of halogens is 1. The molecule has 0 spiro atoms. The van der Waals surface area contributed by atoms with Crippen LogP contribution in [0.5, 0.6) is 0 Å². The van der Waals surface area contributed by atoms with Gasteiger partial charge in [0.25, 0.3) is 0 Å². The Kier molecular flexibility index (Phi) is 5.30. The van der Waals surface area contributed by atoms with Crippen molar-refractivity contribution in [1.82, 2.24) is 15.1 Å². The zero-order chi connectivity index (χ0) is 14.4. The van der Waals surface area contributed by atoms with Crippen molar-refractivity contribution in [2.24, 2.45) is 7.05 Å². The fraction of sp³-hybridized carbons (Fsp3) is 0.438. The highest BCUT2D eigenvalue weighted by molar-refractivity contribution is 5.24. The van der Waals surface area contributed by atoms with Crippen LogP contribution < -0.4 is 5.32 Å². The van der Waals surface area contributed by atoms with Crippen LogP contribution in [-0.2, 0) is 13.5 Å². The summed E-state index contributed by atoms with van der Waals surface area (Å²) in [5, 5.41) is 7.58. The quantitative estimate of drug-likeness (QED) is 0.787. The number of nitrogens with zero attached hydrogens (tertiary/aromatic N) is 2.